The second-order valence-electron chi connectivity index (χ2n) is 7.11. The average molecular weight is 478 g/mol. The molecule has 184 valence electrons. The number of benzene rings is 2. The Labute approximate surface area is 203 Å². The van der Waals surface area contributed by atoms with Crippen molar-refractivity contribution in [1.29, 1.82) is 0 Å². The van der Waals surface area contributed by atoms with Gasteiger partial charge in [0.15, 0.2) is 5.11 Å². The topological polar surface area (TPSA) is 96.3 Å². The third-order valence-corrected chi connectivity index (χ3v) is 4.91. The van der Waals surface area contributed by atoms with E-state index in [4.69, 9.17) is 27.5 Å². The van der Waals surface area contributed by atoms with E-state index in [9.17, 15) is 4.79 Å². The molecule has 0 unspecified atom stereocenters. The summed E-state index contributed by atoms with van der Waals surface area (Å²) in [6, 6.07) is 17.0. The summed E-state index contributed by atoms with van der Waals surface area (Å²) < 4.78 is 0. The maximum Gasteiger partial charge on any atom is 0.257 e. The van der Waals surface area contributed by atoms with Crippen LogP contribution in [0.4, 0.5) is 5.69 Å². The number of thiocarbonyl (C=S) groups is 1. The molecule has 0 aliphatic heterocycles. The van der Waals surface area contributed by atoms with Gasteiger partial charge in [0.1, 0.15) is 0 Å². The number of anilines is 1. The van der Waals surface area contributed by atoms with Crippen LogP contribution in [-0.2, 0) is 0 Å². The molecule has 0 atom stereocenters. The van der Waals surface area contributed by atoms with Crippen LogP contribution in [0.3, 0.4) is 0 Å². The largest absolute Gasteiger partial charge is 0.395 e. The molecule has 0 aromatic heterocycles. The zero-order valence-corrected chi connectivity index (χ0v) is 19.7. The first-order valence-corrected chi connectivity index (χ1v) is 11.2. The molecule has 0 saturated heterocycles. The van der Waals surface area contributed by atoms with Gasteiger partial charge in [-0.15, -0.1) is 0 Å². The minimum Gasteiger partial charge on any atom is -0.395 e. The van der Waals surface area contributed by atoms with E-state index in [1.807, 2.05) is 49.1 Å². The summed E-state index contributed by atoms with van der Waals surface area (Å²) in [5.74, 6) is -0.223. The van der Waals surface area contributed by atoms with Gasteiger partial charge in [-0.3, -0.25) is 10.1 Å². The summed E-state index contributed by atoms with van der Waals surface area (Å²) in [4.78, 5) is 15.6. The lowest BCUT2D eigenvalue weighted by Gasteiger charge is -2.23. The van der Waals surface area contributed by atoms with Gasteiger partial charge in [0, 0.05) is 37.4 Å². The van der Waals surface area contributed by atoms with E-state index in [-0.39, 0.29) is 33.2 Å². The van der Waals surface area contributed by atoms with Crippen molar-refractivity contribution in [2.75, 3.05) is 50.9 Å². The van der Waals surface area contributed by atoms with Gasteiger partial charge in [-0.1, -0.05) is 50.2 Å². The van der Waals surface area contributed by atoms with Crippen molar-refractivity contribution >= 4 is 28.9 Å². The van der Waals surface area contributed by atoms with E-state index >= 15 is 0 Å². The van der Waals surface area contributed by atoms with Crippen LogP contribution in [0.2, 0.25) is 0 Å². The zero-order valence-electron chi connectivity index (χ0n) is 18.9. The molecule has 0 bridgehead atoms. The SMILES string of the molecule is C.CCCN(CCO)C(=S)NC(=O)c1ccccc1.Cc1ccc(N(CCO)CCO)cc1. The maximum atomic E-state index is 11.9. The molecule has 1 amide bonds. The van der Waals surface area contributed by atoms with E-state index in [0.717, 1.165) is 12.1 Å². The van der Waals surface area contributed by atoms with Crippen LogP contribution < -0.4 is 10.2 Å². The lowest BCUT2D eigenvalue weighted by Crippen LogP contribution is -2.44. The summed E-state index contributed by atoms with van der Waals surface area (Å²) in [6.07, 6.45) is 0.904. The Morgan fingerprint density at radius 1 is 0.879 bits per heavy atom. The van der Waals surface area contributed by atoms with Crippen molar-refractivity contribution in [2.45, 2.75) is 27.7 Å². The molecule has 0 aliphatic rings. The first-order chi connectivity index (χ1) is 15.5. The fourth-order valence-corrected chi connectivity index (χ4v) is 3.19. The van der Waals surface area contributed by atoms with Crippen molar-refractivity contribution in [3.8, 4) is 0 Å². The molecule has 2 aromatic rings. The zero-order chi connectivity index (χ0) is 23.8. The minimum absolute atomic E-state index is 0. The molecule has 0 saturated carbocycles. The predicted octanol–water partition coefficient (Wildman–Crippen LogP) is 2.83. The highest BCUT2D eigenvalue weighted by atomic mass is 32.1. The van der Waals surface area contributed by atoms with Gasteiger partial charge < -0.3 is 25.1 Å². The number of aliphatic hydroxyl groups is 3. The third kappa shape index (κ3) is 11.8. The van der Waals surface area contributed by atoms with Crippen molar-refractivity contribution < 1.29 is 20.1 Å². The van der Waals surface area contributed by atoms with Crippen LogP contribution in [-0.4, -0.2) is 77.2 Å². The monoisotopic (exact) mass is 477 g/mol. The van der Waals surface area contributed by atoms with E-state index in [2.05, 4.69) is 5.32 Å². The number of aliphatic hydroxyl groups excluding tert-OH is 3. The van der Waals surface area contributed by atoms with Gasteiger partial charge in [0.2, 0.25) is 0 Å². The molecule has 8 heteroatoms. The average Bonchev–Trinajstić information content (AvgIpc) is 2.80. The second kappa shape index (κ2) is 18.0. The predicted molar refractivity (Wildman–Crippen MR) is 140 cm³/mol. The summed E-state index contributed by atoms with van der Waals surface area (Å²) >= 11 is 5.17. The molecule has 0 spiro atoms. The highest BCUT2D eigenvalue weighted by Gasteiger charge is 2.12. The van der Waals surface area contributed by atoms with Crippen LogP contribution in [0, 0.1) is 6.92 Å². The molecule has 2 rings (SSSR count). The third-order valence-electron chi connectivity index (χ3n) is 4.55. The lowest BCUT2D eigenvalue weighted by molar-refractivity contribution is 0.0972. The molecule has 0 heterocycles. The number of carbonyl (C=O) groups excluding carboxylic acids is 1. The van der Waals surface area contributed by atoms with Crippen molar-refractivity contribution in [1.82, 2.24) is 10.2 Å². The first-order valence-electron chi connectivity index (χ1n) is 10.8. The number of hydrogen-bond acceptors (Lipinski definition) is 6. The van der Waals surface area contributed by atoms with Crippen molar-refractivity contribution in [3.05, 3.63) is 65.7 Å². The molecule has 4 N–H and O–H groups in total. The second-order valence-corrected chi connectivity index (χ2v) is 7.49. The van der Waals surface area contributed by atoms with Gasteiger partial charge in [-0.25, -0.2) is 0 Å². The van der Waals surface area contributed by atoms with Gasteiger partial charge in [0.25, 0.3) is 5.91 Å². The summed E-state index contributed by atoms with van der Waals surface area (Å²) in [5.41, 5.74) is 2.82. The molecule has 0 radical (unpaired) electrons. The highest BCUT2D eigenvalue weighted by molar-refractivity contribution is 7.80. The lowest BCUT2D eigenvalue weighted by atomic mass is 10.2. The van der Waals surface area contributed by atoms with Gasteiger partial charge in [0.05, 0.1) is 19.8 Å². The Morgan fingerprint density at radius 3 is 1.91 bits per heavy atom. The molecule has 2 aromatic carbocycles. The fraction of sp³-hybridized carbons (Fsp3) is 0.440. The Hall–Kier alpha value is -2.52. The normalized spacial score (nSPS) is 9.73. The van der Waals surface area contributed by atoms with Crippen LogP contribution >= 0.6 is 12.2 Å². The van der Waals surface area contributed by atoms with E-state index < -0.39 is 0 Å². The van der Waals surface area contributed by atoms with Crippen LogP contribution in [0.1, 0.15) is 36.7 Å². The maximum absolute atomic E-state index is 11.9. The van der Waals surface area contributed by atoms with Crippen molar-refractivity contribution in [3.63, 3.8) is 0 Å². The number of hydrogen-bond donors (Lipinski definition) is 4. The molecular formula is C25H39N3O4S. The van der Waals surface area contributed by atoms with Crippen LogP contribution in [0.15, 0.2) is 54.6 Å². The number of nitrogens with one attached hydrogen (secondary N) is 1. The van der Waals surface area contributed by atoms with Gasteiger partial charge in [-0.05, 0) is 49.8 Å². The molecule has 0 aliphatic carbocycles. The number of nitrogens with zero attached hydrogens (tertiary/aromatic N) is 2. The number of aryl methyl sites for hydroxylation is 1. The molecule has 7 nitrogen and oxygen atoms in total. The number of amides is 1. The fourth-order valence-electron chi connectivity index (χ4n) is 2.91. The highest BCUT2D eigenvalue weighted by Crippen LogP contribution is 2.14. The quantitative estimate of drug-likeness (QED) is 0.391. The minimum atomic E-state index is -0.223. The summed E-state index contributed by atoms with van der Waals surface area (Å²) in [6.45, 7) is 6.55. The smallest absolute Gasteiger partial charge is 0.257 e. The Balaban J connectivity index is 0.000000620. The Bertz CT molecular complexity index is 776. The van der Waals surface area contributed by atoms with E-state index in [1.165, 1.54) is 5.56 Å². The Morgan fingerprint density at radius 2 is 1.42 bits per heavy atom. The summed E-state index contributed by atoms with van der Waals surface area (Å²) in [5, 5.41) is 29.7. The first kappa shape index (κ1) is 30.5. The van der Waals surface area contributed by atoms with Crippen LogP contribution in [0.5, 0.6) is 0 Å². The molecule has 0 fully saturated rings. The Kier molecular flexibility index (Phi) is 16.6. The number of carbonyl (C=O) groups is 1. The summed E-state index contributed by atoms with van der Waals surface area (Å²) in [7, 11) is 0. The number of rotatable bonds is 10. The van der Waals surface area contributed by atoms with E-state index in [1.54, 1.807) is 29.2 Å². The molecular weight excluding hydrogens is 438 g/mol. The van der Waals surface area contributed by atoms with Gasteiger partial charge >= 0.3 is 0 Å². The van der Waals surface area contributed by atoms with E-state index in [0.29, 0.717) is 36.9 Å². The van der Waals surface area contributed by atoms with Crippen LogP contribution in [0.25, 0.3) is 0 Å². The molecule has 33 heavy (non-hydrogen) atoms. The van der Waals surface area contributed by atoms with Crippen molar-refractivity contribution in [2.24, 2.45) is 0 Å². The standard InChI is InChI=1S/C13H18N2O2S.C11H17NO2.CH4/c1-2-8-15(9-10-16)13(18)14-12(17)11-6-4-3-5-7-11;1-10-2-4-11(5-3-10)12(6-8-13)7-9-14;/h3-7,16H,2,8-10H2,1H3,(H,14,17,18);2-5,13-14H,6-9H2,1H3;1H4. The van der Waals surface area contributed by atoms with Gasteiger partial charge in [-0.2, -0.15) is 0 Å².